The molecule has 8 heteroatoms. The zero-order valence-electron chi connectivity index (χ0n) is 10.2. The first kappa shape index (κ1) is 13.9. The fourth-order valence-corrected chi connectivity index (χ4v) is 1.37. The molecule has 0 spiro atoms. The molecule has 0 bridgehead atoms. The van der Waals surface area contributed by atoms with E-state index < -0.39 is 36.4 Å². The molecule has 0 radical (unpaired) electrons. The Bertz CT molecular complexity index is 366. The summed E-state index contributed by atoms with van der Waals surface area (Å²) in [4.78, 5) is 45.9. The van der Waals surface area contributed by atoms with Crippen LogP contribution in [-0.2, 0) is 19.1 Å². The van der Waals surface area contributed by atoms with Gasteiger partial charge in [-0.1, -0.05) is 0 Å². The monoisotopic (exact) mass is 257 g/mol. The minimum Gasteiger partial charge on any atom is -0.464 e. The average molecular weight is 257 g/mol. The molecular weight excluding hydrogens is 242 g/mol. The topological polar surface area (TPSA) is 105 Å². The number of hydrogen-bond donors (Lipinski definition) is 2. The summed E-state index contributed by atoms with van der Waals surface area (Å²) < 4.78 is 4.70. The van der Waals surface area contributed by atoms with Gasteiger partial charge in [0.1, 0.15) is 12.6 Å². The number of carbonyl (C=O) groups is 4. The van der Waals surface area contributed by atoms with Gasteiger partial charge in [-0.25, -0.2) is 9.59 Å². The summed E-state index contributed by atoms with van der Waals surface area (Å²) in [6.07, 6.45) is 0. The molecule has 0 aliphatic carbocycles. The molecule has 8 nitrogen and oxygen atoms in total. The maximum absolute atomic E-state index is 11.5. The molecule has 0 aromatic rings. The molecule has 1 saturated heterocycles. The predicted molar refractivity (Wildman–Crippen MR) is 59.3 cm³/mol. The van der Waals surface area contributed by atoms with Crippen LogP contribution in [-0.4, -0.2) is 54.5 Å². The minimum absolute atomic E-state index is 0.112. The molecule has 1 atom stereocenters. The molecule has 0 aromatic carbocycles. The first-order valence-corrected chi connectivity index (χ1v) is 5.50. The number of rotatable bonds is 5. The molecule has 2 N–H and O–H groups in total. The van der Waals surface area contributed by atoms with Gasteiger partial charge < -0.3 is 15.4 Å². The number of urea groups is 1. The largest absolute Gasteiger partial charge is 0.464 e. The number of carbonyl (C=O) groups excluding carboxylic acids is 4. The van der Waals surface area contributed by atoms with E-state index in [1.54, 1.807) is 6.92 Å². The Kier molecular flexibility index (Phi) is 4.64. The van der Waals surface area contributed by atoms with Crippen molar-refractivity contribution < 1.29 is 23.9 Å². The van der Waals surface area contributed by atoms with Crippen molar-refractivity contribution in [3.05, 3.63) is 0 Å². The average Bonchev–Trinajstić information content (AvgIpc) is 2.61. The zero-order valence-corrected chi connectivity index (χ0v) is 10.2. The fraction of sp³-hybridized carbons (Fsp3) is 0.600. The standard InChI is InChI=1S/C10H15N3O5/c1-3-18-9(16)6(2)12-7(14)5-13-8(15)4-11-10(13)17/h6H,3-5H2,1-2H3,(H,11,17)(H,12,14). The first-order chi connectivity index (χ1) is 8.45. The molecule has 4 amide bonds. The van der Waals surface area contributed by atoms with E-state index in [1.807, 2.05) is 0 Å². The number of hydrogen-bond acceptors (Lipinski definition) is 5. The smallest absolute Gasteiger partial charge is 0.328 e. The van der Waals surface area contributed by atoms with Gasteiger partial charge in [-0.15, -0.1) is 0 Å². The van der Waals surface area contributed by atoms with Crippen LogP contribution in [0.5, 0.6) is 0 Å². The van der Waals surface area contributed by atoms with Crippen LogP contribution >= 0.6 is 0 Å². The van der Waals surface area contributed by atoms with Gasteiger partial charge in [0.25, 0.3) is 5.91 Å². The van der Waals surface area contributed by atoms with Crippen molar-refractivity contribution in [3.63, 3.8) is 0 Å². The highest BCUT2D eigenvalue weighted by Gasteiger charge is 2.30. The summed E-state index contributed by atoms with van der Waals surface area (Å²) in [5.74, 6) is -1.64. The second-order valence-corrected chi connectivity index (χ2v) is 3.68. The lowest BCUT2D eigenvalue weighted by molar-refractivity contribution is -0.146. The van der Waals surface area contributed by atoms with E-state index in [0.717, 1.165) is 4.90 Å². The van der Waals surface area contributed by atoms with Gasteiger partial charge in [0.05, 0.1) is 13.2 Å². The van der Waals surface area contributed by atoms with Gasteiger partial charge in [-0.2, -0.15) is 0 Å². The lowest BCUT2D eigenvalue weighted by Crippen LogP contribution is -2.46. The molecule has 0 aromatic heterocycles. The van der Waals surface area contributed by atoms with E-state index in [2.05, 4.69) is 10.6 Å². The quantitative estimate of drug-likeness (QED) is 0.466. The second-order valence-electron chi connectivity index (χ2n) is 3.68. The van der Waals surface area contributed by atoms with Crippen LogP contribution in [0, 0.1) is 0 Å². The summed E-state index contributed by atoms with van der Waals surface area (Å²) in [5, 5.41) is 4.63. The van der Waals surface area contributed by atoms with Crippen LogP contribution < -0.4 is 10.6 Å². The van der Waals surface area contributed by atoms with E-state index >= 15 is 0 Å². The van der Waals surface area contributed by atoms with Crippen molar-refractivity contribution in [2.75, 3.05) is 19.7 Å². The molecule has 1 fully saturated rings. The van der Waals surface area contributed by atoms with Gasteiger partial charge in [0.2, 0.25) is 5.91 Å². The number of nitrogens with zero attached hydrogens (tertiary/aromatic N) is 1. The molecule has 0 saturated carbocycles. The van der Waals surface area contributed by atoms with Gasteiger partial charge in [0, 0.05) is 0 Å². The van der Waals surface area contributed by atoms with Crippen LogP contribution in [0.4, 0.5) is 4.79 Å². The third-order valence-electron chi connectivity index (χ3n) is 2.26. The molecule has 18 heavy (non-hydrogen) atoms. The molecule has 1 rings (SSSR count). The highest BCUT2D eigenvalue weighted by Crippen LogP contribution is 1.98. The van der Waals surface area contributed by atoms with E-state index in [9.17, 15) is 19.2 Å². The molecule has 100 valence electrons. The number of nitrogens with one attached hydrogen (secondary N) is 2. The maximum Gasteiger partial charge on any atom is 0.328 e. The first-order valence-electron chi connectivity index (χ1n) is 5.50. The van der Waals surface area contributed by atoms with Crippen molar-refractivity contribution in [2.24, 2.45) is 0 Å². The van der Waals surface area contributed by atoms with E-state index in [4.69, 9.17) is 4.74 Å². The van der Waals surface area contributed by atoms with Gasteiger partial charge in [-0.3, -0.25) is 14.5 Å². The minimum atomic E-state index is -0.821. The van der Waals surface area contributed by atoms with Gasteiger partial charge >= 0.3 is 12.0 Å². The number of ether oxygens (including phenoxy) is 1. The Labute approximate surface area is 104 Å². The third kappa shape index (κ3) is 3.44. The van der Waals surface area contributed by atoms with Crippen molar-refractivity contribution in [1.82, 2.24) is 15.5 Å². The van der Waals surface area contributed by atoms with Crippen LogP contribution in [0.15, 0.2) is 0 Å². The Morgan fingerprint density at radius 1 is 1.50 bits per heavy atom. The van der Waals surface area contributed by atoms with Crippen LogP contribution in [0.1, 0.15) is 13.8 Å². The normalized spacial score (nSPS) is 16.2. The summed E-state index contributed by atoms with van der Waals surface area (Å²) in [7, 11) is 0. The summed E-state index contributed by atoms with van der Waals surface area (Å²) in [6, 6.07) is -1.43. The molecule has 1 aliphatic heterocycles. The number of amides is 4. The lowest BCUT2D eigenvalue weighted by atomic mass is 10.3. The Hall–Kier alpha value is -2.12. The van der Waals surface area contributed by atoms with Crippen LogP contribution in [0.2, 0.25) is 0 Å². The third-order valence-corrected chi connectivity index (χ3v) is 2.26. The zero-order chi connectivity index (χ0) is 13.7. The summed E-state index contributed by atoms with van der Waals surface area (Å²) in [6.45, 7) is 2.81. The lowest BCUT2D eigenvalue weighted by Gasteiger charge is -2.15. The molecule has 1 aliphatic rings. The maximum atomic E-state index is 11.5. The predicted octanol–water partition coefficient (Wildman–Crippen LogP) is -1.39. The van der Waals surface area contributed by atoms with Gasteiger partial charge in [0.15, 0.2) is 0 Å². The second kappa shape index (κ2) is 5.99. The van der Waals surface area contributed by atoms with Gasteiger partial charge in [-0.05, 0) is 13.8 Å². The van der Waals surface area contributed by atoms with Crippen molar-refractivity contribution in [1.29, 1.82) is 0 Å². The number of esters is 1. The molecule has 1 heterocycles. The molecular formula is C10H15N3O5. The Morgan fingerprint density at radius 3 is 2.67 bits per heavy atom. The van der Waals surface area contributed by atoms with Crippen molar-refractivity contribution in [2.45, 2.75) is 19.9 Å². The summed E-state index contributed by atoms with van der Waals surface area (Å²) >= 11 is 0. The fourth-order valence-electron chi connectivity index (χ4n) is 1.37. The van der Waals surface area contributed by atoms with Crippen LogP contribution in [0.25, 0.3) is 0 Å². The van der Waals surface area contributed by atoms with E-state index in [1.165, 1.54) is 6.92 Å². The Balaban J connectivity index is 2.44. The SMILES string of the molecule is CCOC(=O)C(C)NC(=O)CN1C(=O)CNC1=O. The van der Waals surface area contributed by atoms with E-state index in [0.29, 0.717) is 0 Å². The van der Waals surface area contributed by atoms with E-state index in [-0.39, 0.29) is 13.2 Å². The molecule has 1 unspecified atom stereocenters. The highest BCUT2D eigenvalue weighted by molar-refractivity contribution is 6.04. The van der Waals surface area contributed by atoms with Crippen LogP contribution in [0.3, 0.4) is 0 Å². The number of imide groups is 1. The Morgan fingerprint density at radius 2 is 2.17 bits per heavy atom. The summed E-state index contributed by atoms with van der Waals surface area (Å²) in [5.41, 5.74) is 0. The highest BCUT2D eigenvalue weighted by atomic mass is 16.5. The van der Waals surface area contributed by atoms with Crippen molar-refractivity contribution in [3.8, 4) is 0 Å². The van der Waals surface area contributed by atoms with Crippen molar-refractivity contribution >= 4 is 23.8 Å².